The summed E-state index contributed by atoms with van der Waals surface area (Å²) in [5.74, 6) is 0.0737. The van der Waals surface area contributed by atoms with Crippen LogP contribution in [0.1, 0.15) is 62.6 Å². The number of piperidine rings is 1. The van der Waals surface area contributed by atoms with Crippen molar-refractivity contribution in [2.45, 2.75) is 58.2 Å². The van der Waals surface area contributed by atoms with E-state index in [1.165, 1.54) is 0 Å². The lowest BCUT2D eigenvalue weighted by Crippen LogP contribution is -2.45. The number of fused-ring (bicyclic) bond motifs is 1. The number of amides is 1. The maximum Gasteiger partial charge on any atom is 0.287 e. The molecule has 1 atom stereocenters. The molecule has 0 aliphatic carbocycles. The summed E-state index contributed by atoms with van der Waals surface area (Å²) in [6.07, 6.45) is 3.55. The van der Waals surface area contributed by atoms with Gasteiger partial charge in [0.05, 0.1) is 11.7 Å². The SMILES string of the molecule is CC(C)(C)CN1CCC(O)(c2ccc3oc(C(=O)NC[C@H]4CCCO4)cc3c2)CC1. The van der Waals surface area contributed by atoms with Gasteiger partial charge >= 0.3 is 0 Å². The second-order valence-electron chi connectivity index (χ2n) is 10.1. The number of benzene rings is 1. The summed E-state index contributed by atoms with van der Waals surface area (Å²) in [6, 6.07) is 7.53. The number of ether oxygens (including phenoxy) is 1. The number of rotatable bonds is 5. The van der Waals surface area contributed by atoms with Crippen LogP contribution in [0.15, 0.2) is 28.7 Å². The van der Waals surface area contributed by atoms with Crippen LogP contribution in [0.2, 0.25) is 0 Å². The lowest BCUT2D eigenvalue weighted by atomic mass is 9.83. The van der Waals surface area contributed by atoms with Crippen LogP contribution in [0.25, 0.3) is 11.0 Å². The molecular weight excluding hydrogens is 380 g/mol. The molecule has 4 rings (SSSR count). The first-order chi connectivity index (χ1) is 14.2. The summed E-state index contributed by atoms with van der Waals surface area (Å²) >= 11 is 0. The molecule has 1 aromatic carbocycles. The first kappa shape index (κ1) is 21.3. The minimum Gasteiger partial charge on any atom is -0.451 e. The van der Waals surface area contributed by atoms with E-state index < -0.39 is 5.60 Å². The van der Waals surface area contributed by atoms with Crippen molar-refractivity contribution in [1.29, 1.82) is 0 Å². The van der Waals surface area contributed by atoms with E-state index in [2.05, 4.69) is 31.0 Å². The Morgan fingerprint density at radius 1 is 1.27 bits per heavy atom. The Bertz CT molecular complexity index is 884. The van der Waals surface area contributed by atoms with Gasteiger partial charge in [-0.2, -0.15) is 0 Å². The number of carbonyl (C=O) groups excluding carboxylic acids is 1. The molecule has 164 valence electrons. The molecule has 30 heavy (non-hydrogen) atoms. The molecule has 0 saturated carbocycles. The van der Waals surface area contributed by atoms with Crippen LogP contribution in [0.3, 0.4) is 0 Å². The summed E-state index contributed by atoms with van der Waals surface area (Å²) in [4.78, 5) is 14.9. The van der Waals surface area contributed by atoms with Crippen LogP contribution < -0.4 is 5.32 Å². The van der Waals surface area contributed by atoms with Gasteiger partial charge in [0.1, 0.15) is 5.58 Å². The molecule has 3 heterocycles. The highest BCUT2D eigenvalue weighted by Gasteiger charge is 2.35. The van der Waals surface area contributed by atoms with Crippen molar-refractivity contribution in [2.24, 2.45) is 5.41 Å². The minimum absolute atomic E-state index is 0.100. The summed E-state index contributed by atoms with van der Waals surface area (Å²) in [7, 11) is 0. The van der Waals surface area contributed by atoms with Gasteiger partial charge in [0.2, 0.25) is 0 Å². The third-order valence-corrected chi connectivity index (χ3v) is 6.17. The second kappa shape index (κ2) is 8.33. The van der Waals surface area contributed by atoms with Crippen LogP contribution in [0, 0.1) is 5.41 Å². The fourth-order valence-electron chi connectivity index (χ4n) is 4.58. The van der Waals surface area contributed by atoms with Crippen molar-refractivity contribution in [3.63, 3.8) is 0 Å². The van der Waals surface area contributed by atoms with E-state index in [1.54, 1.807) is 6.07 Å². The van der Waals surface area contributed by atoms with Crippen LogP contribution in [0.4, 0.5) is 0 Å². The predicted octanol–water partition coefficient (Wildman–Crippen LogP) is 3.67. The number of furan rings is 1. The summed E-state index contributed by atoms with van der Waals surface area (Å²) < 4.78 is 11.3. The largest absolute Gasteiger partial charge is 0.451 e. The third kappa shape index (κ3) is 4.88. The van der Waals surface area contributed by atoms with E-state index >= 15 is 0 Å². The Morgan fingerprint density at radius 3 is 2.70 bits per heavy atom. The summed E-state index contributed by atoms with van der Waals surface area (Å²) in [5.41, 5.74) is 0.987. The molecule has 2 saturated heterocycles. The number of hydrogen-bond acceptors (Lipinski definition) is 5. The summed E-state index contributed by atoms with van der Waals surface area (Å²) in [5, 5.41) is 15.0. The van der Waals surface area contributed by atoms with Crippen molar-refractivity contribution >= 4 is 16.9 Å². The fourth-order valence-corrected chi connectivity index (χ4v) is 4.58. The number of aliphatic hydroxyl groups is 1. The Hall–Kier alpha value is -1.89. The first-order valence-corrected chi connectivity index (χ1v) is 11.1. The van der Waals surface area contributed by atoms with Gasteiger partial charge in [0.25, 0.3) is 5.91 Å². The van der Waals surface area contributed by atoms with E-state index in [-0.39, 0.29) is 17.4 Å². The van der Waals surface area contributed by atoms with Gasteiger partial charge in [-0.1, -0.05) is 26.8 Å². The number of nitrogens with one attached hydrogen (secondary N) is 1. The normalized spacial score (nSPS) is 22.5. The molecule has 0 unspecified atom stereocenters. The molecule has 1 amide bonds. The van der Waals surface area contributed by atoms with Gasteiger partial charge in [-0.15, -0.1) is 0 Å². The molecule has 1 aromatic heterocycles. The highest BCUT2D eigenvalue weighted by Crippen LogP contribution is 2.35. The van der Waals surface area contributed by atoms with Gasteiger partial charge in [-0.25, -0.2) is 0 Å². The lowest BCUT2D eigenvalue weighted by Gasteiger charge is -2.40. The van der Waals surface area contributed by atoms with Gasteiger partial charge in [-0.3, -0.25) is 4.79 Å². The van der Waals surface area contributed by atoms with Crippen molar-refractivity contribution < 1.29 is 19.1 Å². The van der Waals surface area contributed by atoms with Gasteiger partial charge < -0.3 is 24.5 Å². The average molecular weight is 415 g/mol. The Kier molecular flexibility index (Phi) is 5.93. The highest BCUT2D eigenvalue weighted by molar-refractivity contribution is 5.96. The van der Waals surface area contributed by atoms with E-state index in [0.29, 0.717) is 30.7 Å². The number of carbonyl (C=O) groups is 1. The van der Waals surface area contributed by atoms with E-state index in [0.717, 1.165) is 50.0 Å². The molecule has 0 bridgehead atoms. The van der Waals surface area contributed by atoms with Crippen molar-refractivity contribution in [2.75, 3.05) is 32.8 Å². The van der Waals surface area contributed by atoms with Gasteiger partial charge in [0, 0.05) is 38.2 Å². The summed E-state index contributed by atoms with van der Waals surface area (Å²) in [6.45, 7) is 10.8. The molecule has 2 aliphatic rings. The smallest absolute Gasteiger partial charge is 0.287 e. The van der Waals surface area contributed by atoms with Crippen LogP contribution in [0.5, 0.6) is 0 Å². The monoisotopic (exact) mass is 414 g/mol. The van der Waals surface area contributed by atoms with Crippen LogP contribution >= 0.6 is 0 Å². The van der Waals surface area contributed by atoms with Gasteiger partial charge in [-0.05, 0) is 54.9 Å². The third-order valence-electron chi connectivity index (χ3n) is 6.17. The van der Waals surface area contributed by atoms with Crippen molar-refractivity contribution in [3.8, 4) is 0 Å². The second-order valence-corrected chi connectivity index (χ2v) is 10.1. The topological polar surface area (TPSA) is 74.9 Å². The molecule has 0 radical (unpaired) electrons. The molecule has 6 heteroatoms. The number of nitrogens with zero attached hydrogens (tertiary/aromatic N) is 1. The van der Waals surface area contributed by atoms with E-state index in [1.807, 2.05) is 18.2 Å². The Morgan fingerprint density at radius 2 is 2.03 bits per heavy atom. The molecule has 2 N–H and O–H groups in total. The quantitative estimate of drug-likeness (QED) is 0.781. The average Bonchev–Trinajstić information content (AvgIpc) is 3.36. The zero-order chi connectivity index (χ0) is 21.4. The van der Waals surface area contributed by atoms with Crippen LogP contribution in [-0.4, -0.2) is 54.8 Å². The predicted molar refractivity (Wildman–Crippen MR) is 117 cm³/mol. The van der Waals surface area contributed by atoms with E-state index in [9.17, 15) is 9.90 Å². The van der Waals surface area contributed by atoms with Crippen molar-refractivity contribution in [1.82, 2.24) is 10.2 Å². The van der Waals surface area contributed by atoms with E-state index in [4.69, 9.17) is 9.15 Å². The van der Waals surface area contributed by atoms with Crippen LogP contribution in [-0.2, 0) is 10.3 Å². The molecule has 6 nitrogen and oxygen atoms in total. The Balaban J connectivity index is 1.42. The molecule has 2 aromatic rings. The zero-order valence-corrected chi connectivity index (χ0v) is 18.4. The minimum atomic E-state index is -0.831. The van der Waals surface area contributed by atoms with Crippen molar-refractivity contribution in [3.05, 3.63) is 35.6 Å². The maximum absolute atomic E-state index is 12.5. The standard InChI is InChI=1S/C24H34N2O4/c1-23(2,3)16-26-10-8-24(28,9-11-26)18-6-7-20-17(13-18)14-21(30-20)22(27)25-15-19-5-4-12-29-19/h6-7,13-14,19,28H,4-5,8-12,15-16H2,1-3H3,(H,25,27)/t19-/m1/s1. The molecule has 2 aliphatic heterocycles. The maximum atomic E-state index is 12.5. The zero-order valence-electron chi connectivity index (χ0n) is 18.4. The first-order valence-electron chi connectivity index (χ1n) is 11.1. The highest BCUT2D eigenvalue weighted by atomic mass is 16.5. The molecule has 2 fully saturated rings. The lowest BCUT2D eigenvalue weighted by molar-refractivity contribution is -0.0316. The number of hydrogen-bond donors (Lipinski definition) is 2. The molecule has 0 spiro atoms. The Labute approximate surface area is 178 Å². The van der Waals surface area contributed by atoms with Gasteiger partial charge in [0.15, 0.2) is 5.76 Å². The molecular formula is C24H34N2O4. The number of likely N-dealkylation sites (tertiary alicyclic amines) is 1. The fraction of sp³-hybridized carbons (Fsp3) is 0.625.